The maximum absolute atomic E-state index is 2.33. The molecule has 0 aliphatic rings. The fraction of sp³-hybridized carbons (Fsp3) is 0.0667. The number of benzene rings is 8. The lowest BCUT2D eigenvalue weighted by Gasteiger charge is -2.26. The molecule has 2 nitrogen and oxygen atoms in total. The van der Waals surface area contributed by atoms with Crippen molar-refractivity contribution in [3.8, 4) is 22.3 Å². The number of para-hydroxylation sites is 2. The second-order valence-corrected chi connectivity index (χ2v) is 15.2. The van der Waals surface area contributed by atoms with Crippen LogP contribution in [0.3, 0.4) is 0 Å². The number of fused-ring (bicyclic) bond motifs is 1. The second-order valence-electron chi connectivity index (χ2n) is 15.2. The molecule has 0 heterocycles. The van der Waals surface area contributed by atoms with Crippen molar-refractivity contribution in [3.05, 3.63) is 272 Å². The molecule has 8 aromatic rings. The van der Waals surface area contributed by atoms with Gasteiger partial charge in [0.2, 0.25) is 0 Å². The summed E-state index contributed by atoms with van der Waals surface area (Å²) in [4.78, 5) is 4.57. The molecule has 2 heteroatoms. The fourth-order valence-corrected chi connectivity index (χ4v) is 7.91. The maximum Gasteiger partial charge on any atom is 0.0462 e. The Balaban J connectivity index is 0.996. The van der Waals surface area contributed by atoms with Crippen LogP contribution in [0, 0.1) is 0 Å². The second kappa shape index (κ2) is 20.5. The van der Waals surface area contributed by atoms with E-state index in [0.29, 0.717) is 0 Å². The van der Waals surface area contributed by atoms with Crippen LogP contribution in [0.5, 0.6) is 0 Å². The molecule has 62 heavy (non-hydrogen) atoms. The van der Waals surface area contributed by atoms with Crippen LogP contribution in [0.15, 0.2) is 266 Å². The predicted molar refractivity (Wildman–Crippen MR) is 268 cm³/mol. The van der Waals surface area contributed by atoms with Gasteiger partial charge in [0.1, 0.15) is 0 Å². The Labute approximate surface area is 368 Å². The SMILES string of the molecule is C\C=C/C(=C\C=C\N(c1ccccc1)c1ccc(-c2ccccc2)cc1)C(=CCC)/C=C\Cc1ccc(N(c2ccccc2)c2ccc(-c3cccc4ccccc34)cc2)cc1. The van der Waals surface area contributed by atoms with Crippen molar-refractivity contribution in [1.29, 1.82) is 0 Å². The highest BCUT2D eigenvalue weighted by atomic mass is 15.1. The molecule has 302 valence electrons. The lowest BCUT2D eigenvalue weighted by molar-refractivity contribution is 1.20. The van der Waals surface area contributed by atoms with Crippen LogP contribution in [0.2, 0.25) is 0 Å². The molecule has 0 spiro atoms. The highest BCUT2D eigenvalue weighted by molar-refractivity contribution is 5.97. The van der Waals surface area contributed by atoms with Gasteiger partial charge < -0.3 is 9.80 Å². The number of allylic oxidation sites excluding steroid dienone is 9. The van der Waals surface area contributed by atoms with E-state index < -0.39 is 0 Å². The zero-order valence-corrected chi connectivity index (χ0v) is 35.6. The van der Waals surface area contributed by atoms with Crippen LogP contribution >= 0.6 is 0 Å². The average Bonchev–Trinajstić information content (AvgIpc) is 3.34. The molecule has 0 N–H and O–H groups in total. The summed E-state index contributed by atoms with van der Waals surface area (Å²) in [5.41, 5.74) is 14.1. The third-order valence-corrected chi connectivity index (χ3v) is 11.0. The minimum Gasteiger partial charge on any atom is -0.317 e. The molecule has 0 unspecified atom stereocenters. The first-order valence-corrected chi connectivity index (χ1v) is 21.6. The first-order valence-electron chi connectivity index (χ1n) is 21.6. The van der Waals surface area contributed by atoms with Gasteiger partial charge in [-0.05, 0) is 136 Å². The molecular formula is C60H52N2. The molecule has 8 rings (SSSR count). The minimum atomic E-state index is 0.826. The standard InChI is InChI=1S/C60H52N2/c1-3-19-48(49(20-4-2)27-18-46-61(54-28-10-6-11-29-54)55-42-36-51(37-43-55)50-22-8-5-9-23-50)25-16-21-47-34-40-57(41-35-47)62(56-30-12-7-13-31-56)58-44-38-53(39-45-58)60-33-17-26-52-24-14-15-32-59(52)60/h4-20,22-46H,3,21H2,1-2H3/b20-4-,25-16-,46-18+,48-19?,49-27+. The van der Waals surface area contributed by atoms with Gasteiger partial charge >= 0.3 is 0 Å². The molecule has 0 bridgehead atoms. The van der Waals surface area contributed by atoms with E-state index in [0.717, 1.165) is 46.9 Å². The number of rotatable bonds is 15. The van der Waals surface area contributed by atoms with Gasteiger partial charge in [0, 0.05) is 34.6 Å². The van der Waals surface area contributed by atoms with Crippen molar-refractivity contribution >= 4 is 39.2 Å². The van der Waals surface area contributed by atoms with Crippen molar-refractivity contribution in [2.45, 2.75) is 26.7 Å². The van der Waals surface area contributed by atoms with Crippen molar-refractivity contribution in [2.24, 2.45) is 0 Å². The maximum atomic E-state index is 2.33. The topological polar surface area (TPSA) is 6.48 Å². The van der Waals surface area contributed by atoms with Gasteiger partial charge in [0.25, 0.3) is 0 Å². The van der Waals surface area contributed by atoms with Gasteiger partial charge in [-0.15, -0.1) is 0 Å². The van der Waals surface area contributed by atoms with E-state index in [1.54, 1.807) is 0 Å². The third kappa shape index (κ3) is 10.0. The summed E-state index contributed by atoms with van der Waals surface area (Å²) in [6, 6.07) is 73.5. The van der Waals surface area contributed by atoms with Gasteiger partial charge in [0.15, 0.2) is 0 Å². The smallest absolute Gasteiger partial charge is 0.0462 e. The zero-order chi connectivity index (χ0) is 42.4. The Morgan fingerprint density at radius 3 is 1.68 bits per heavy atom. The van der Waals surface area contributed by atoms with Crippen LogP contribution in [0.4, 0.5) is 28.4 Å². The molecule has 0 aliphatic carbocycles. The van der Waals surface area contributed by atoms with Gasteiger partial charge in [-0.1, -0.05) is 189 Å². The van der Waals surface area contributed by atoms with Crippen LogP contribution in [-0.4, -0.2) is 0 Å². The normalized spacial score (nSPS) is 12.2. The Kier molecular flexibility index (Phi) is 13.6. The van der Waals surface area contributed by atoms with Crippen molar-refractivity contribution in [2.75, 3.05) is 9.80 Å². The highest BCUT2D eigenvalue weighted by Crippen LogP contribution is 2.37. The summed E-state index contributed by atoms with van der Waals surface area (Å²) in [5, 5.41) is 2.52. The highest BCUT2D eigenvalue weighted by Gasteiger charge is 2.13. The van der Waals surface area contributed by atoms with Gasteiger partial charge in [-0.2, -0.15) is 0 Å². The molecular weight excluding hydrogens is 749 g/mol. The zero-order valence-electron chi connectivity index (χ0n) is 35.6. The Bertz CT molecular complexity index is 2810. The first kappa shape index (κ1) is 41.1. The molecule has 0 aromatic heterocycles. The molecule has 0 fully saturated rings. The monoisotopic (exact) mass is 800 g/mol. The molecule has 0 atom stereocenters. The van der Waals surface area contributed by atoms with Crippen LogP contribution in [0.25, 0.3) is 33.0 Å². The lowest BCUT2D eigenvalue weighted by atomic mass is 9.98. The van der Waals surface area contributed by atoms with E-state index in [-0.39, 0.29) is 0 Å². The van der Waals surface area contributed by atoms with Crippen LogP contribution < -0.4 is 9.80 Å². The summed E-state index contributed by atoms with van der Waals surface area (Å²) >= 11 is 0. The molecule has 0 saturated carbocycles. The van der Waals surface area contributed by atoms with Crippen LogP contribution in [-0.2, 0) is 6.42 Å². The molecule has 0 aliphatic heterocycles. The molecule has 8 aromatic carbocycles. The van der Waals surface area contributed by atoms with E-state index in [9.17, 15) is 0 Å². The first-order chi connectivity index (χ1) is 30.7. The molecule has 0 radical (unpaired) electrons. The van der Waals surface area contributed by atoms with Crippen molar-refractivity contribution in [3.63, 3.8) is 0 Å². The predicted octanol–water partition coefficient (Wildman–Crippen LogP) is 16.9. The largest absolute Gasteiger partial charge is 0.317 e. The van der Waals surface area contributed by atoms with Gasteiger partial charge in [-0.25, -0.2) is 0 Å². The Morgan fingerprint density at radius 1 is 0.468 bits per heavy atom. The minimum absolute atomic E-state index is 0.826. The fourth-order valence-electron chi connectivity index (χ4n) is 7.91. The van der Waals surface area contributed by atoms with Crippen LogP contribution in [0.1, 0.15) is 25.8 Å². The van der Waals surface area contributed by atoms with E-state index in [1.165, 1.54) is 44.2 Å². The van der Waals surface area contributed by atoms with E-state index >= 15 is 0 Å². The summed E-state index contributed by atoms with van der Waals surface area (Å²) < 4.78 is 0. The van der Waals surface area contributed by atoms with Crippen molar-refractivity contribution in [1.82, 2.24) is 0 Å². The van der Waals surface area contributed by atoms with E-state index in [4.69, 9.17) is 0 Å². The number of hydrogen-bond donors (Lipinski definition) is 0. The van der Waals surface area contributed by atoms with E-state index in [2.05, 4.69) is 279 Å². The van der Waals surface area contributed by atoms with Crippen molar-refractivity contribution < 1.29 is 0 Å². The summed E-state index contributed by atoms with van der Waals surface area (Å²) in [6.07, 6.45) is 19.4. The lowest BCUT2D eigenvalue weighted by Crippen LogP contribution is -2.09. The Hall–Kier alpha value is -7.68. The average molecular weight is 801 g/mol. The quantitative estimate of drug-likeness (QED) is 0.0953. The number of anilines is 5. The van der Waals surface area contributed by atoms with Gasteiger partial charge in [-0.3, -0.25) is 0 Å². The molecule has 0 amide bonds. The number of nitrogens with zero attached hydrogens (tertiary/aromatic N) is 2. The summed E-state index contributed by atoms with van der Waals surface area (Å²) in [7, 11) is 0. The van der Waals surface area contributed by atoms with E-state index in [1.807, 2.05) is 0 Å². The number of hydrogen-bond acceptors (Lipinski definition) is 2. The summed E-state index contributed by atoms with van der Waals surface area (Å²) in [6.45, 7) is 4.27. The Morgan fingerprint density at radius 2 is 1.00 bits per heavy atom. The summed E-state index contributed by atoms with van der Waals surface area (Å²) in [5.74, 6) is 0. The van der Waals surface area contributed by atoms with Gasteiger partial charge in [0.05, 0.1) is 0 Å². The molecule has 0 saturated heterocycles. The third-order valence-electron chi connectivity index (χ3n) is 11.0.